The van der Waals surface area contributed by atoms with Crippen molar-refractivity contribution in [1.29, 1.82) is 5.26 Å². The molecular formula is C8H6N4O2. The number of hydrogen-bond donors (Lipinski definition) is 3. The topological polar surface area (TPSA) is 116 Å². The summed E-state index contributed by atoms with van der Waals surface area (Å²) in [5, 5.41) is 22.9. The molecule has 0 aliphatic heterocycles. The van der Waals surface area contributed by atoms with Crippen molar-refractivity contribution in [3.63, 3.8) is 0 Å². The summed E-state index contributed by atoms with van der Waals surface area (Å²) < 4.78 is 0. The molecule has 1 aromatic rings. The van der Waals surface area contributed by atoms with Gasteiger partial charge in [0.15, 0.2) is 5.82 Å². The van der Waals surface area contributed by atoms with Gasteiger partial charge in [0, 0.05) is 0 Å². The van der Waals surface area contributed by atoms with Crippen molar-refractivity contribution in [3.8, 4) is 17.9 Å². The zero-order valence-electron chi connectivity index (χ0n) is 7.03. The highest BCUT2D eigenvalue weighted by molar-refractivity contribution is 5.70. The molecule has 0 aliphatic carbocycles. The second-order valence-corrected chi connectivity index (χ2v) is 2.34. The smallest absolute Gasteiger partial charge is 0.315 e. The molecule has 6 nitrogen and oxygen atoms in total. The van der Waals surface area contributed by atoms with E-state index in [1.807, 2.05) is 6.07 Å². The Bertz CT molecular complexity index is 458. The highest BCUT2D eigenvalue weighted by Crippen LogP contribution is 2.09. The van der Waals surface area contributed by atoms with Crippen LogP contribution in [0.1, 0.15) is 17.7 Å². The number of aromatic nitrogens is 2. The number of nitrogen functional groups attached to an aromatic ring is 1. The molecule has 0 radical (unpaired) electrons. The number of hydrogen-bond acceptors (Lipinski definition) is 4. The molecule has 0 bridgehead atoms. The Morgan fingerprint density at radius 1 is 1.71 bits per heavy atom. The van der Waals surface area contributed by atoms with Gasteiger partial charge < -0.3 is 10.8 Å². The highest BCUT2D eigenvalue weighted by Gasteiger charge is 2.06. The highest BCUT2D eigenvalue weighted by atomic mass is 16.4. The predicted octanol–water partition coefficient (Wildman–Crippen LogP) is -0.310. The van der Waals surface area contributed by atoms with E-state index in [0.717, 1.165) is 0 Å². The van der Waals surface area contributed by atoms with Crippen LogP contribution in [0.2, 0.25) is 0 Å². The van der Waals surface area contributed by atoms with Gasteiger partial charge in [-0.3, -0.25) is 9.89 Å². The third kappa shape index (κ3) is 2.02. The first-order chi connectivity index (χ1) is 6.65. The van der Waals surface area contributed by atoms with Gasteiger partial charge in [0.25, 0.3) is 0 Å². The lowest BCUT2D eigenvalue weighted by molar-refractivity contribution is -0.135. The van der Waals surface area contributed by atoms with E-state index < -0.39 is 5.97 Å². The molecule has 4 N–H and O–H groups in total. The third-order valence-electron chi connectivity index (χ3n) is 1.36. The minimum absolute atomic E-state index is 0.0622. The Morgan fingerprint density at radius 3 is 3.00 bits per heavy atom. The fourth-order valence-corrected chi connectivity index (χ4v) is 0.768. The third-order valence-corrected chi connectivity index (χ3v) is 1.36. The summed E-state index contributed by atoms with van der Waals surface area (Å²) in [6.07, 6.45) is -0.288. The number of nitrogens with two attached hydrogens (primary N) is 1. The molecular weight excluding hydrogens is 184 g/mol. The standard InChI is InChI=1S/C8H6N4O2/c9-4-5-6(11-12-8(5)10)2-1-3-7(13)14/h3H2,(H,13,14)(H3,10,11,12). The van der Waals surface area contributed by atoms with Crippen molar-refractivity contribution in [2.45, 2.75) is 6.42 Å². The van der Waals surface area contributed by atoms with Crippen LogP contribution in [-0.2, 0) is 4.79 Å². The first kappa shape index (κ1) is 9.62. The quantitative estimate of drug-likeness (QED) is 0.525. The Morgan fingerprint density at radius 2 is 2.43 bits per heavy atom. The molecule has 1 heterocycles. The Hall–Kier alpha value is -2.47. The number of carboxylic acid groups (broad SMARTS) is 1. The number of nitriles is 1. The van der Waals surface area contributed by atoms with Crippen molar-refractivity contribution in [1.82, 2.24) is 10.2 Å². The van der Waals surface area contributed by atoms with Gasteiger partial charge in [0.2, 0.25) is 0 Å². The van der Waals surface area contributed by atoms with Crippen LogP contribution in [0, 0.1) is 23.2 Å². The number of nitrogens with zero attached hydrogens (tertiary/aromatic N) is 2. The molecule has 1 rings (SSSR count). The van der Waals surface area contributed by atoms with E-state index in [-0.39, 0.29) is 23.5 Å². The second kappa shape index (κ2) is 3.97. The number of anilines is 1. The molecule has 0 saturated carbocycles. The number of carbonyl (C=O) groups is 1. The van der Waals surface area contributed by atoms with E-state index in [4.69, 9.17) is 16.1 Å². The molecule has 6 heteroatoms. The van der Waals surface area contributed by atoms with Crippen LogP contribution < -0.4 is 5.73 Å². The normalized spacial score (nSPS) is 8.50. The summed E-state index contributed by atoms with van der Waals surface area (Å²) in [6.45, 7) is 0. The Labute approximate surface area is 79.3 Å². The van der Waals surface area contributed by atoms with Crippen LogP contribution in [0.25, 0.3) is 0 Å². The lowest BCUT2D eigenvalue weighted by atomic mass is 10.2. The maximum Gasteiger partial charge on any atom is 0.315 e. The van der Waals surface area contributed by atoms with E-state index in [1.165, 1.54) is 0 Å². The Kier molecular flexibility index (Phi) is 2.72. The predicted molar refractivity (Wildman–Crippen MR) is 46.8 cm³/mol. The molecule has 0 amide bonds. The monoisotopic (exact) mass is 190 g/mol. The summed E-state index contributed by atoms with van der Waals surface area (Å²) in [5.74, 6) is 3.86. The lowest BCUT2D eigenvalue weighted by Gasteiger charge is -1.83. The van der Waals surface area contributed by atoms with E-state index >= 15 is 0 Å². The van der Waals surface area contributed by atoms with Crippen LogP contribution in [-0.4, -0.2) is 21.3 Å². The van der Waals surface area contributed by atoms with Crippen LogP contribution in [0.15, 0.2) is 0 Å². The number of rotatable bonds is 1. The first-order valence-electron chi connectivity index (χ1n) is 3.59. The van der Waals surface area contributed by atoms with Crippen LogP contribution in [0.5, 0.6) is 0 Å². The lowest BCUT2D eigenvalue weighted by Crippen LogP contribution is -1.91. The minimum Gasteiger partial charge on any atom is -0.481 e. The Balaban J connectivity index is 2.91. The van der Waals surface area contributed by atoms with Gasteiger partial charge >= 0.3 is 5.97 Å². The van der Waals surface area contributed by atoms with Crippen molar-refractivity contribution in [2.75, 3.05) is 5.73 Å². The molecule has 0 atom stereocenters. The molecule has 1 aromatic heterocycles. The van der Waals surface area contributed by atoms with E-state index in [1.54, 1.807) is 0 Å². The van der Waals surface area contributed by atoms with Crippen LogP contribution >= 0.6 is 0 Å². The van der Waals surface area contributed by atoms with Crippen molar-refractivity contribution in [2.24, 2.45) is 0 Å². The summed E-state index contributed by atoms with van der Waals surface area (Å²) in [7, 11) is 0. The van der Waals surface area contributed by atoms with Crippen molar-refractivity contribution < 1.29 is 9.90 Å². The van der Waals surface area contributed by atoms with Gasteiger partial charge in [0.1, 0.15) is 23.7 Å². The molecule has 70 valence electrons. The summed E-state index contributed by atoms with van der Waals surface area (Å²) in [5.41, 5.74) is 5.72. The molecule has 0 spiro atoms. The van der Waals surface area contributed by atoms with Crippen molar-refractivity contribution in [3.05, 3.63) is 11.3 Å². The number of carboxylic acids is 1. The average molecular weight is 190 g/mol. The molecule has 14 heavy (non-hydrogen) atoms. The number of H-pyrrole nitrogens is 1. The van der Waals surface area contributed by atoms with Gasteiger partial charge in [-0.1, -0.05) is 5.92 Å². The molecule has 0 aromatic carbocycles. The SMILES string of the molecule is N#Cc1c(N)n[nH]c1C#CCC(=O)O. The van der Waals surface area contributed by atoms with E-state index in [9.17, 15) is 4.79 Å². The van der Waals surface area contributed by atoms with Gasteiger partial charge in [-0.25, -0.2) is 0 Å². The molecule has 0 fully saturated rings. The van der Waals surface area contributed by atoms with Crippen molar-refractivity contribution >= 4 is 11.8 Å². The van der Waals surface area contributed by atoms with E-state index in [2.05, 4.69) is 22.0 Å². The maximum atomic E-state index is 10.1. The van der Waals surface area contributed by atoms with Gasteiger partial charge in [0.05, 0.1) is 0 Å². The maximum absolute atomic E-state index is 10.1. The summed E-state index contributed by atoms with van der Waals surface area (Å²) in [6, 6.07) is 1.81. The zero-order valence-corrected chi connectivity index (χ0v) is 7.03. The van der Waals surface area contributed by atoms with Crippen LogP contribution in [0.3, 0.4) is 0 Å². The van der Waals surface area contributed by atoms with Gasteiger partial charge in [-0.2, -0.15) is 10.4 Å². The molecule has 0 saturated heterocycles. The fraction of sp³-hybridized carbons (Fsp3) is 0.125. The second-order valence-electron chi connectivity index (χ2n) is 2.34. The first-order valence-corrected chi connectivity index (χ1v) is 3.59. The minimum atomic E-state index is -1.02. The zero-order chi connectivity index (χ0) is 10.6. The largest absolute Gasteiger partial charge is 0.481 e. The molecule has 0 unspecified atom stereocenters. The molecule has 0 aliphatic rings. The number of aliphatic carboxylic acids is 1. The number of aromatic amines is 1. The number of nitrogens with one attached hydrogen (secondary N) is 1. The summed E-state index contributed by atoms with van der Waals surface area (Å²) >= 11 is 0. The fourth-order valence-electron chi connectivity index (χ4n) is 0.768. The van der Waals surface area contributed by atoms with E-state index in [0.29, 0.717) is 0 Å². The van der Waals surface area contributed by atoms with Crippen LogP contribution in [0.4, 0.5) is 5.82 Å². The van der Waals surface area contributed by atoms with Gasteiger partial charge in [-0.05, 0) is 5.92 Å². The average Bonchev–Trinajstić information content (AvgIpc) is 2.46. The summed E-state index contributed by atoms with van der Waals surface area (Å²) in [4.78, 5) is 10.1. The van der Waals surface area contributed by atoms with Gasteiger partial charge in [-0.15, -0.1) is 0 Å².